The summed E-state index contributed by atoms with van der Waals surface area (Å²) in [6.45, 7) is 7.23. The molecule has 284 valence electrons. The number of aliphatic hydroxyl groups is 1. The number of aliphatic hydroxyl groups excluding tert-OH is 1. The van der Waals surface area contributed by atoms with E-state index in [4.69, 9.17) is 14.0 Å². The van der Waals surface area contributed by atoms with Crippen LogP contribution in [0.5, 0.6) is 5.88 Å². The predicted molar refractivity (Wildman–Crippen MR) is 193 cm³/mol. The number of unbranched alkanes of at least 4 members (excludes halogenated alkanes) is 1. The van der Waals surface area contributed by atoms with Crippen LogP contribution < -0.4 is 10.1 Å². The summed E-state index contributed by atoms with van der Waals surface area (Å²) in [4.78, 5) is 59.9. The molecule has 16 heteroatoms. The van der Waals surface area contributed by atoms with E-state index in [0.29, 0.717) is 31.8 Å². The molecule has 0 spiro atoms. The maximum Gasteiger partial charge on any atom is 0.407 e. The predicted octanol–water partition coefficient (Wildman–Crippen LogP) is 3.76. The highest BCUT2D eigenvalue weighted by molar-refractivity contribution is 7.13. The van der Waals surface area contributed by atoms with Gasteiger partial charge in [-0.25, -0.2) is 9.78 Å². The van der Waals surface area contributed by atoms with Gasteiger partial charge in [0.05, 0.1) is 35.4 Å². The Morgan fingerprint density at radius 1 is 1.10 bits per heavy atom. The Labute approximate surface area is 307 Å². The second-order valence-corrected chi connectivity index (χ2v) is 14.2. The average Bonchev–Trinajstić information content (AvgIpc) is 3.86. The molecule has 2 aromatic heterocycles. The highest BCUT2D eigenvalue weighted by Crippen LogP contribution is 2.32. The third-order valence-electron chi connectivity index (χ3n) is 8.84. The number of β-amino-alcohol motifs (C(OH)–C–C–N with tert-alkyl or cyclic N) is 1. The van der Waals surface area contributed by atoms with Crippen LogP contribution in [0.15, 0.2) is 40.4 Å². The number of aryl methyl sites for hydroxylation is 1. The van der Waals surface area contributed by atoms with Crippen LogP contribution in [0.25, 0.3) is 10.4 Å². The Hall–Kier alpha value is -4.54. The van der Waals surface area contributed by atoms with Gasteiger partial charge in [0.2, 0.25) is 17.7 Å². The fraction of sp³-hybridized carbons (Fsp3) is 0.556. The molecule has 1 fully saturated rings. The lowest BCUT2D eigenvalue weighted by Crippen LogP contribution is -2.48. The summed E-state index contributed by atoms with van der Waals surface area (Å²) < 4.78 is 16.9. The smallest absolute Gasteiger partial charge is 0.407 e. The molecule has 0 aliphatic carbocycles. The summed E-state index contributed by atoms with van der Waals surface area (Å²) in [5.41, 5.74) is 4.75. The zero-order valence-electron chi connectivity index (χ0n) is 30.4. The van der Waals surface area contributed by atoms with Gasteiger partial charge in [0.1, 0.15) is 12.0 Å². The van der Waals surface area contributed by atoms with Gasteiger partial charge in [0.25, 0.3) is 5.88 Å². The number of carbonyl (C=O) groups is 4. The summed E-state index contributed by atoms with van der Waals surface area (Å²) in [6, 6.07) is 8.64. The molecular weight excluding hydrogens is 692 g/mol. The van der Waals surface area contributed by atoms with Crippen molar-refractivity contribution in [2.24, 2.45) is 5.92 Å². The number of rotatable bonds is 19. The molecule has 1 saturated heterocycles. The second kappa shape index (κ2) is 19.3. The lowest BCUT2D eigenvalue weighted by Gasteiger charge is -2.28. The van der Waals surface area contributed by atoms with Gasteiger partial charge in [0, 0.05) is 65.8 Å². The highest BCUT2D eigenvalue weighted by atomic mass is 32.1. The summed E-state index contributed by atoms with van der Waals surface area (Å²) in [7, 11) is 3.25. The molecule has 4 amide bonds. The minimum Gasteiger partial charge on any atom is -0.476 e. The first-order valence-corrected chi connectivity index (χ1v) is 18.3. The molecule has 15 nitrogen and oxygen atoms in total. The highest BCUT2D eigenvalue weighted by Gasteiger charge is 2.43. The van der Waals surface area contributed by atoms with Crippen molar-refractivity contribution < 1.29 is 43.4 Å². The van der Waals surface area contributed by atoms with Crippen LogP contribution in [0.4, 0.5) is 4.79 Å². The Morgan fingerprint density at radius 2 is 1.83 bits per heavy atom. The van der Waals surface area contributed by atoms with Gasteiger partial charge in [-0.3, -0.25) is 14.4 Å². The Balaban J connectivity index is 1.22. The molecule has 3 aromatic rings. The lowest BCUT2D eigenvalue weighted by atomic mass is 9.91. The topological polar surface area (TPSA) is 188 Å². The van der Waals surface area contributed by atoms with E-state index in [1.54, 1.807) is 31.5 Å². The molecule has 0 bridgehead atoms. The number of likely N-dealkylation sites (tertiary alicyclic amines) is 1. The maximum absolute atomic E-state index is 13.9. The monoisotopic (exact) mass is 742 g/mol. The van der Waals surface area contributed by atoms with Crippen molar-refractivity contribution in [2.75, 3.05) is 53.6 Å². The van der Waals surface area contributed by atoms with Gasteiger partial charge in [-0.05, 0) is 42.0 Å². The Morgan fingerprint density at radius 3 is 2.48 bits per heavy atom. The van der Waals surface area contributed by atoms with Crippen molar-refractivity contribution in [3.05, 3.63) is 52.9 Å². The van der Waals surface area contributed by atoms with Crippen LogP contribution in [-0.2, 0) is 25.7 Å². The van der Waals surface area contributed by atoms with Gasteiger partial charge < -0.3 is 44.2 Å². The molecule has 3 N–H and O–H groups in total. The molecule has 52 heavy (non-hydrogen) atoms. The number of ether oxygens (including phenoxy) is 2. The largest absolute Gasteiger partial charge is 0.476 e. The standard InChI is InChI=1S/C36H50N6O9S/c1-23(2)32(29-19-30(39-51-29)50-16-7-6-15-49-17-14-41(36(47)48)13-12-31(44)40(4)5)35(46)42-21-27(43)18-28(42)34(45)37-20-25-8-10-26(11-9-25)33-24(3)38-22-52-33/h8-11,19,22-23,27-28,32,43H,6-7,12-18,20-21H2,1-5H3,(H,37,45)(H,47,48)/t27-,28+,32?/m1/s1. The van der Waals surface area contributed by atoms with E-state index < -0.39 is 24.2 Å². The first-order chi connectivity index (χ1) is 24.8. The molecule has 1 aromatic carbocycles. The number of carboxylic acid groups (broad SMARTS) is 1. The normalized spacial score (nSPS) is 16.2. The fourth-order valence-electron chi connectivity index (χ4n) is 5.88. The number of nitrogens with one attached hydrogen (secondary N) is 1. The molecule has 0 radical (unpaired) electrons. The molecule has 3 heterocycles. The third-order valence-corrected chi connectivity index (χ3v) is 9.82. The number of hydrogen-bond donors (Lipinski definition) is 3. The first-order valence-electron chi connectivity index (χ1n) is 17.5. The molecular formula is C36H50N6O9S. The van der Waals surface area contributed by atoms with Crippen LogP contribution in [0.1, 0.15) is 62.5 Å². The molecule has 1 unspecified atom stereocenters. The number of nitrogens with zero attached hydrogens (tertiary/aromatic N) is 5. The molecule has 4 rings (SSSR count). The average molecular weight is 743 g/mol. The van der Waals surface area contributed by atoms with Gasteiger partial charge in [0.15, 0.2) is 5.76 Å². The first kappa shape index (κ1) is 40.2. The van der Waals surface area contributed by atoms with E-state index in [9.17, 15) is 29.4 Å². The molecule has 3 atom stereocenters. The van der Waals surface area contributed by atoms with E-state index in [-0.39, 0.29) is 75.1 Å². The minimum atomic E-state index is -1.10. The maximum atomic E-state index is 13.9. The van der Waals surface area contributed by atoms with E-state index in [2.05, 4.69) is 15.5 Å². The van der Waals surface area contributed by atoms with E-state index in [1.807, 2.05) is 50.5 Å². The van der Waals surface area contributed by atoms with Crippen LogP contribution >= 0.6 is 11.3 Å². The molecule has 0 saturated carbocycles. The van der Waals surface area contributed by atoms with Crippen LogP contribution in [0.2, 0.25) is 0 Å². The number of aromatic nitrogens is 2. The summed E-state index contributed by atoms with van der Waals surface area (Å²) in [5.74, 6) is -1.21. The van der Waals surface area contributed by atoms with Crippen LogP contribution in [0.3, 0.4) is 0 Å². The SMILES string of the molecule is Cc1ncsc1-c1ccc(CNC(=O)[C@@H]2C[C@@H](O)CN2C(=O)C(c2cc(OCCCCOCCN(CCC(=O)N(C)C)C(=O)O)no2)C(C)C)cc1. The van der Waals surface area contributed by atoms with Crippen molar-refractivity contribution >= 4 is 35.2 Å². The van der Waals surface area contributed by atoms with Crippen molar-refractivity contribution in [1.29, 1.82) is 0 Å². The van der Waals surface area contributed by atoms with Crippen LogP contribution in [-0.4, -0.2) is 125 Å². The Kier molecular flexibility index (Phi) is 15.0. The van der Waals surface area contributed by atoms with E-state index in [0.717, 1.165) is 26.6 Å². The zero-order valence-corrected chi connectivity index (χ0v) is 31.3. The quantitative estimate of drug-likeness (QED) is 0.152. The lowest BCUT2D eigenvalue weighted by molar-refractivity contribution is -0.141. The van der Waals surface area contributed by atoms with Gasteiger partial charge in [-0.15, -0.1) is 11.3 Å². The Bertz CT molecular complexity index is 1630. The second-order valence-electron chi connectivity index (χ2n) is 13.3. The van der Waals surface area contributed by atoms with Gasteiger partial charge in [-0.1, -0.05) is 38.1 Å². The zero-order chi connectivity index (χ0) is 37.8. The van der Waals surface area contributed by atoms with E-state index in [1.165, 1.54) is 9.80 Å². The third kappa shape index (κ3) is 11.2. The van der Waals surface area contributed by atoms with Crippen molar-refractivity contribution in [1.82, 2.24) is 30.2 Å². The number of amides is 4. The minimum absolute atomic E-state index is 0.0348. The van der Waals surface area contributed by atoms with Gasteiger partial charge in [-0.2, -0.15) is 0 Å². The summed E-state index contributed by atoms with van der Waals surface area (Å²) in [5, 5.41) is 26.8. The fourth-order valence-corrected chi connectivity index (χ4v) is 6.70. The number of benzene rings is 1. The van der Waals surface area contributed by atoms with Gasteiger partial charge >= 0.3 is 6.09 Å². The number of thiazole rings is 1. The number of carbonyl (C=O) groups excluding carboxylic acids is 3. The summed E-state index contributed by atoms with van der Waals surface area (Å²) in [6.07, 6.45) is -0.401. The van der Waals surface area contributed by atoms with Crippen molar-refractivity contribution in [3.63, 3.8) is 0 Å². The summed E-state index contributed by atoms with van der Waals surface area (Å²) >= 11 is 1.58. The molecule has 1 aliphatic rings. The van der Waals surface area contributed by atoms with E-state index >= 15 is 0 Å². The van der Waals surface area contributed by atoms with Crippen LogP contribution in [0, 0.1) is 12.8 Å². The van der Waals surface area contributed by atoms with Crippen molar-refractivity contribution in [2.45, 2.75) is 71.1 Å². The molecule has 1 aliphatic heterocycles. The van der Waals surface area contributed by atoms with Crippen molar-refractivity contribution in [3.8, 4) is 16.3 Å². The number of hydrogen-bond acceptors (Lipinski definition) is 11.